The topological polar surface area (TPSA) is 69.6 Å². The van der Waals surface area contributed by atoms with E-state index in [-0.39, 0.29) is 18.5 Å². The van der Waals surface area contributed by atoms with Gasteiger partial charge in [-0.3, -0.25) is 4.79 Å². The Balaban J connectivity index is 1.90. The van der Waals surface area contributed by atoms with Gasteiger partial charge in [0.05, 0.1) is 5.92 Å². The molecule has 20 heavy (non-hydrogen) atoms. The van der Waals surface area contributed by atoms with Gasteiger partial charge in [-0.15, -0.1) is 0 Å². The van der Waals surface area contributed by atoms with Crippen molar-refractivity contribution in [3.8, 4) is 0 Å². The van der Waals surface area contributed by atoms with Gasteiger partial charge in [0.2, 0.25) is 0 Å². The van der Waals surface area contributed by atoms with Crippen LogP contribution in [0.5, 0.6) is 0 Å². The molecule has 0 unspecified atom stereocenters. The number of carboxylic acids is 1. The molecule has 5 nitrogen and oxygen atoms in total. The molecule has 0 bridgehead atoms. The van der Waals surface area contributed by atoms with Crippen molar-refractivity contribution in [3.05, 3.63) is 34.3 Å². The van der Waals surface area contributed by atoms with E-state index < -0.39 is 11.9 Å². The predicted octanol–water partition coefficient (Wildman–Crippen LogP) is 2.31. The summed E-state index contributed by atoms with van der Waals surface area (Å²) in [6.45, 7) is 3.04. The lowest BCUT2D eigenvalue weighted by atomic mass is 9.99. The summed E-state index contributed by atoms with van der Waals surface area (Å²) >= 11 is 3.43. The molecular formula is C14H17BrN2O3. The van der Waals surface area contributed by atoms with Crippen LogP contribution in [0.25, 0.3) is 0 Å². The highest BCUT2D eigenvalue weighted by molar-refractivity contribution is 9.10. The minimum Gasteiger partial charge on any atom is -0.481 e. The fourth-order valence-corrected chi connectivity index (χ4v) is 2.80. The van der Waals surface area contributed by atoms with Gasteiger partial charge in [-0.2, -0.15) is 0 Å². The molecule has 2 amide bonds. The molecule has 0 radical (unpaired) electrons. The molecule has 1 heterocycles. The molecule has 1 fully saturated rings. The van der Waals surface area contributed by atoms with Gasteiger partial charge in [-0.05, 0) is 17.5 Å². The number of amides is 2. The second kappa shape index (κ2) is 6.26. The highest BCUT2D eigenvalue weighted by Gasteiger charge is 2.36. The maximum absolute atomic E-state index is 12.1. The number of carbonyl (C=O) groups is 2. The van der Waals surface area contributed by atoms with E-state index in [1.165, 1.54) is 0 Å². The van der Waals surface area contributed by atoms with Gasteiger partial charge in [0.15, 0.2) is 0 Å². The summed E-state index contributed by atoms with van der Waals surface area (Å²) in [5, 5.41) is 11.9. The number of aliphatic carboxylic acids is 1. The Bertz CT molecular complexity index is 521. The number of likely N-dealkylation sites (tertiary alicyclic amines) is 1. The summed E-state index contributed by atoms with van der Waals surface area (Å²) in [6, 6.07) is 7.45. The van der Waals surface area contributed by atoms with Crippen molar-refractivity contribution in [2.45, 2.75) is 13.5 Å². The lowest BCUT2D eigenvalue weighted by molar-refractivity contribution is -0.142. The van der Waals surface area contributed by atoms with Gasteiger partial charge in [0.1, 0.15) is 0 Å². The zero-order valence-corrected chi connectivity index (χ0v) is 12.8. The summed E-state index contributed by atoms with van der Waals surface area (Å²) in [6.07, 6.45) is 0. The molecule has 1 aliphatic heterocycles. The normalized spacial score (nSPS) is 21.8. The van der Waals surface area contributed by atoms with Crippen LogP contribution in [0.1, 0.15) is 12.5 Å². The number of carbonyl (C=O) groups excluding carboxylic acids is 1. The number of nitrogens with one attached hydrogen (secondary N) is 1. The predicted molar refractivity (Wildman–Crippen MR) is 78.2 cm³/mol. The first kappa shape index (κ1) is 14.8. The molecule has 108 valence electrons. The number of halogens is 1. The van der Waals surface area contributed by atoms with Gasteiger partial charge in [0.25, 0.3) is 0 Å². The lowest BCUT2D eigenvalue weighted by Gasteiger charge is -2.17. The maximum atomic E-state index is 12.1. The van der Waals surface area contributed by atoms with Crippen molar-refractivity contribution in [2.75, 3.05) is 13.1 Å². The first-order valence-corrected chi connectivity index (χ1v) is 7.27. The lowest BCUT2D eigenvalue weighted by Crippen LogP contribution is -2.38. The molecule has 0 saturated carbocycles. The van der Waals surface area contributed by atoms with Gasteiger partial charge in [0, 0.05) is 24.1 Å². The third kappa shape index (κ3) is 3.30. The number of carboxylic acid groups (broad SMARTS) is 1. The van der Waals surface area contributed by atoms with Crippen molar-refractivity contribution in [1.29, 1.82) is 0 Å². The van der Waals surface area contributed by atoms with Crippen LogP contribution in [-0.2, 0) is 11.3 Å². The molecule has 1 aliphatic rings. The number of benzene rings is 1. The zero-order valence-electron chi connectivity index (χ0n) is 11.2. The van der Waals surface area contributed by atoms with Gasteiger partial charge in [-0.1, -0.05) is 41.1 Å². The smallest absolute Gasteiger partial charge is 0.317 e. The fraction of sp³-hybridized carbons (Fsp3) is 0.429. The van der Waals surface area contributed by atoms with Crippen molar-refractivity contribution >= 4 is 27.9 Å². The van der Waals surface area contributed by atoms with E-state index in [2.05, 4.69) is 21.2 Å². The second-order valence-corrected chi connectivity index (χ2v) is 5.93. The molecule has 2 N–H and O–H groups in total. The van der Waals surface area contributed by atoms with Gasteiger partial charge >= 0.3 is 12.0 Å². The molecule has 0 spiro atoms. The average molecular weight is 341 g/mol. The van der Waals surface area contributed by atoms with Gasteiger partial charge < -0.3 is 15.3 Å². The van der Waals surface area contributed by atoms with Crippen LogP contribution in [0.2, 0.25) is 0 Å². The zero-order chi connectivity index (χ0) is 14.7. The van der Waals surface area contributed by atoms with Crippen molar-refractivity contribution in [1.82, 2.24) is 10.2 Å². The van der Waals surface area contributed by atoms with Crippen LogP contribution in [0, 0.1) is 11.8 Å². The Morgan fingerprint density at radius 3 is 2.70 bits per heavy atom. The van der Waals surface area contributed by atoms with Crippen LogP contribution in [0.3, 0.4) is 0 Å². The highest BCUT2D eigenvalue weighted by atomic mass is 79.9. The van der Waals surface area contributed by atoms with E-state index in [1.54, 1.807) is 4.90 Å². The van der Waals surface area contributed by atoms with Crippen LogP contribution < -0.4 is 5.32 Å². The van der Waals surface area contributed by atoms with E-state index in [9.17, 15) is 9.59 Å². The van der Waals surface area contributed by atoms with E-state index in [0.29, 0.717) is 13.1 Å². The van der Waals surface area contributed by atoms with Crippen molar-refractivity contribution < 1.29 is 14.7 Å². The average Bonchev–Trinajstić information content (AvgIpc) is 2.80. The number of hydrogen-bond donors (Lipinski definition) is 2. The summed E-state index contributed by atoms with van der Waals surface area (Å²) in [7, 11) is 0. The molecular weight excluding hydrogens is 324 g/mol. The molecule has 1 aromatic carbocycles. The largest absolute Gasteiger partial charge is 0.481 e. The Kier molecular flexibility index (Phi) is 4.65. The third-order valence-corrected chi connectivity index (χ3v) is 4.38. The molecule has 0 aliphatic carbocycles. The van der Waals surface area contributed by atoms with E-state index in [4.69, 9.17) is 5.11 Å². The van der Waals surface area contributed by atoms with E-state index >= 15 is 0 Å². The third-order valence-electron chi connectivity index (χ3n) is 3.60. The van der Waals surface area contributed by atoms with Crippen molar-refractivity contribution in [3.63, 3.8) is 0 Å². The minimum absolute atomic E-state index is 0.0123. The monoisotopic (exact) mass is 340 g/mol. The molecule has 6 heteroatoms. The van der Waals surface area contributed by atoms with Crippen LogP contribution in [0.4, 0.5) is 4.79 Å². The fourth-order valence-electron chi connectivity index (χ4n) is 2.38. The summed E-state index contributed by atoms with van der Waals surface area (Å²) in [5.74, 6) is -1.32. The SMILES string of the molecule is C[C@@H]1CN(C(=O)NCc2ccccc2Br)C[C@H]1C(=O)O. The highest BCUT2D eigenvalue weighted by Crippen LogP contribution is 2.23. The first-order chi connectivity index (χ1) is 9.49. The number of rotatable bonds is 3. The Morgan fingerprint density at radius 1 is 1.40 bits per heavy atom. The molecule has 2 atom stereocenters. The van der Waals surface area contributed by atoms with Crippen LogP contribution >= 0.6 is 15.9 Å². The van der Waals surface area contributed by atoms with E-state index in [0.717, 1.165) is 10.0 Å². The molecule has 0 aromatic heterocycles. The number of nitrogens with zero attached hydrogens (tertiary/aromatic N) is 1. The first-order valence-electron chi connectivity index (χ1n) is 6.48. The Labute approximate surface area is 126 Å². The summed E-state index contributed by atoms with van der Waals surface area (Å²) < 4.78 is 0.943. The number of urea groups is 1. The molecule has 2 rings (SSSR count). The maximum Gasteiger partial charge on any atom is 0.317 e. The van der Waals surface area contributed by atoms with Crippen LogP contribution in [0.15, 0.2) is 28.7 Å². The standard InChI is InChI=1S/C14H17BrN2O3/c1-9-7-17(8-11(9)13(18)19)14(20)16-6-10-4-2-3-5-12(10)15/h2-5,9,11H,6-8H2,1H3,(H,16,20)(H,18,19)/t9-,11-/m1/s1. The van der Waals surface area contributed by atoms with Crippen LogP contribution in [-0.4, -0.2) is 35.1 Å². The minimum atomic E-state index is -0.835. The Morgan fingerprint density at radius 2 is 2.10 bits per heavy atom. The van der Waals surface area contributed by atoms with Crippen molar-refractivity contribution in [2.24, 2.45) is 11.8 Å². The van der Waals surface area contributed by atoms with Gasteiger partial charge in [-0.25, -0.2) is 4.79 Å². The second-order valence-electron chi connectivity index (χ2n) is 5.08. The summed E-state index contributed by atoms with van der Waals surface area (Å²) in [5.41, 5.74) is 0.989. The summed E-state index contributed by atoms with van der Waals surface area (Å²) in [4.78, 5) is 24.7. The molecule has 1 aromatic rings. The molecule has 1 saturated heterocycles. The van der Waals surface area contributed by atoms with E-state index in [1.807, 2.05) is 31.2 Å². The quantitative estimate of drug-likeness (QED) is 0.886. The Hall–Kier alpha value is -1.56. The number of hydrogen-bond acceptors (Lipinski definition) is 2.